The summed E-state index contributed by atoms with van der Waals surface area (Å²) in [5, 5.41) is 21.9. The second-order valence-corrected chi connectivity index (χ2v) is 5.92. The van der Waals surface area contributed by atoms with Crippen molar-refractivity contribution in [2.45, 2.75) is 16.2 Å². The highest BCUT2D eigenvalue weighted by atomic mass is 79.9. The lowest BCUT2D eigenvalue weighted by atomic mass is 10.3. The summed E-state index contributed by atoms with van der Waals surface area (Å²) in [7, 11) is 0. The first kappa shape index (κ1) is 15.2. The van der Waals surface area contributed by atoms with Crippen molar-refractivity contribution in [1.82, 2.24) is 9.97 Å². The zero-order valence-corrected chi connectivity index (χ0v) is 12.9. The van der Waals surface area contributed by atoms with E-state index in [9.17, 15) is 5.11 Å². The molecule has 0 aliphatic rings. The van der Waals surface area contributed by atoms with E-state index in [-0.39, 0.29) is 13.2 Å². The molecule has 0 bridgehead atoms. The van der Waals surface area contributed by atoms with Crippen molar-refractivity contribution >= 4 is 33.4 Å². The normalized spacial score (nSPS) is 12.2. The SMILES string of the molecule is OCC(O)CNc1ccccc1Sc1ncc(Br)cn1. The summed E-state index contributed by atoms with van der Waals surface area (Å²) in [6, 6.07) is 7.68. The van der Waals surface area contributed by atoms with Gasteiger partial charge in [-0.3, -0.25) is 0 Å². The molecule has 20 heavy (non-hydrogen) atoms. The van der Waals surface area contributed by atoms with E-state index in [1.807, 2.05) is 24.3 Å². The van der Waals surface area contributed by atoms with E-state index in [1.165, 1.54) is 11.8 Å². The Balaban J connectivity index is 2.09. The number of hydrogen-bond acceptors (Lipinski definition) is 6. The van der Waals surface area contributed by atoms with Gasteiger partial charge in [0.2, 0.25) is 0 Å². The second kappa shape index (κ2) is 7.58. The highest BCUT2D eigenvalue weighted by Gasteiger charge is 2.07. The topological polar surface area (TPSA) is 78.3 Å². The molecule has 5 nitrogen and oxygen atoms in total. The summed E-state index contributed by atoms with van der Waals surface area (Å²) in [6.07, 6.45) is 2.61. The second-order valence-electron chi connectivity index (χ2n) is 4.00. The molecule has 0 saturated carbocycles. The molecule has 0 saturated heterocycles. The largest absolute Gasteiger partial charge is 0.394 e. The molecule has 0 amide bonds. The molecule has 1 unspecified atom stereocenters. The molecule has 2 aromatic rings. The first-order valence-corrected chi connectivity index (χ1v) is 7.57. The van der Waals surface area contributed by atoms with E-state index in [0.29, 0.717) is 5.16 Å². The van der Waals surface area contributed by atoms with Gasteiger partial charge in [-0.25, -0.2) is 9.97 Å². The number of halogens is 1. The Kier molecular flexibility index (Phi) is 5.78. The summed E-state index contributed by atoms with van der Waals surface area (Å²) in [4.78, 5) is 9.39. The number of nitrogens with one attached hydrogen (secondary N) is 1. The summed E-state index contributed by atoms with van der Waals surface area (Å²) < 4.78 is 0.833. The minimum atomic E-state index is -0.781. The van der Waals surface area contributed by atoms with E-state index in [4.69, 9.17) is 5.11 Å². The number of anilines is 1. The molecule has 7 heteroatoms. The minimum Gasteiger partial charge on any atom is -0.394 e. The van der Waals surface area contributed by atoms with Crippen LogP contribution in [0.4, 0.5) is 5.69 Å². The number of nitrogens with zero attached hydrogens (tertiary/aromatic N) is 2. The highest BCUT2D eigenvalue weighted by Crippen LogP contribution is 2.31. The van der Waals surface area contributed by atoms with E-state index in [2.05, 4.69) is 31.2 Å². The van der Waals surface area contributed by atoms with Crippen LogP contribution in [0.1, 0.15) is 0 Å². The molecular weight excluding hydrogens is 342 g/mol. The van der Waals surface area contributed by atoms with Gasteiger partial charge < -0.3 is 15.5 Å². The van der Waals surface area contributed by atoms with Crippen molar-refractivity contribution in [3.8, 4) is 0 Å². The molecule has 0 radical (unpaired) electrons. The standard InChI is InChI=1S/C13H14BrN3O2S/c14-9-5-16-13(17-6-9)20-12-4-2-1-3-11(12)15-7-10(19)8-18/h1-6,10,15,18-19H,7-8H2. The molecule has 1 atom stereocenters. The maximum absolute atomic E-state index is 9.38. The number of aliphatic hydroxyl groups excluding tert-OH is 2. The van der Waals surface area contributed by atoms with Gasteiger partial charge in [-0.05, 0) is 39.8 Å². The molecule has 1 aromatic carbocycles. The van der Waals surface area contributed by atoms with Crippen LogP contribution in [0, 0.1) is 0 Å². The zero-order valence-electron chi connectivity index (χ0n) is 10.5. The van der Waals surface area contributed by atoms with Crippen molar-refractivity contribution in [2.24, 2.45) is 0 Å². The lowest BCUT2D eigenvalue weighted by Crippen LogP contribution is -2.23. The van der Waals surface area contributed by atoms with Crippen LogP contribution in [-0.2, 0) is 0 Å². The van der Waals surface area contributed by atoms with Crippen LogP contribution in [0.3, 0.4) is 0 Å². The molecule has 0 spiro atoms. The molecule has 106 valence electrons. The van der Waals surface area contributed by atoms with Gasteiger partial charge in [0, 0.05) is 29.5 Å². The summed E-state index contributed by atoms with van der Waals surface area (Å²) >= 11 is 4.73. The van der Waals surface area contributed by atoms with Crippen LogP contribution in [0.25, 0.3) is 0 Å². The maximum atomic E-state index is 9.38. The van der Waals surface area contributed by atoms with E-state index < -0.39 is 6.10 Å². The van der Waals surface area contributed by atoms with Crippen molar-refractivity contribution in [1.29, 1.82) is 0 Å². The van der Waals surface area contributed by atoms with Crippen molar-refractivity contribution < 1.29 is 10.2 Å². The fourth-order valence-electron chi connectivity index (χ4n) is 1.45. The Morgan fingerprint density at radius 2 is 1.95 bits per heavy atom. The first-order valence-electron chi connectivity index (χ1n) is 5.96. The third-order valence-corrected chi connectivity index (χ3v) is 3.80. The van der Waals surface area contributed by atoms with Gasteiger partial charge in [-0.1, -0.05) is 12.1 Å². The number of aromatic nitrogens is 2. The average Bonchev–Trinajstić information content (AvgIpc) is 2.48. The smallest absolute Gasteiger partial charge is 0.192 e. The fraction of sp³-hybridized carbons (Fsp3) is 0.231. The molecule has 1 heterocycles. The van der Waals surface area contributed by atoms with Gasteiger partial charge in [-0.15, -0.1) is 0 Å². The molecule has 0 fully saturated rings. The summed E-state index contributed by atoms with van der Waals surface area (Å²) in [6.45, 7) is 0.0212. The highest BCUT2D eigenvalue weighted by molar-refractivity contribution is 9.10. The summed E-state index contributed by atoms with van der Waals surface area (Å²) in [5.74, 6) is 0. The number of para-hydroxylation sites is 1. The van der Waals surface area contributed by atoms with Crippen LogP contribution in [0.5, 0.6) is 0 Å². The predicted molar refractivity (Wildman–Crippen MR) is 81.9 cm³/mol. The van der Waals surface area contributed by atoms with Crippen molar-refractivity contribution in [3.05, 3.63) is 41.1 Å². The third kappa shape index (κ3) is 4.45. The Hall–Kier alpha value is -1.15. The van der Waals surface area contributed by atoms with Gasteiger partial charge in [0.05, 0.1) is 17.2 Å². The number of hydrogen-bond donors (Lipinski definition) is 3. The van der Waals surface area contributed by atoms with E-state index in [0.717, 1.165) is 15.1 Å². The number of rotatable bonds is 6. The molecule has 0 aliphatic carbocycles. The van der Waals surface area contributed by atoms with Gasteiger partial charge in [0.1, 0.15) is 0 Å². The van der Waals surface area contributed by atoms with Crippen molar-refractivity contribution in [2.75, 3.05) is 18.5 Å². The monoisotopic (exact) mass is 355 g/mol. The minimum absolute atomic E-state index is 0.266. The molecule has 3 N–H and O–H groups in total. The van der Waals surface area contributed by atoms with E-state index >= 15 is 0 Å². The Labute approximate surface area is 129 Å². The number of aliphatic hydroxyl groups is 2. The number of benzene rings is 1. The molecule has 1 aromatic heterocycles. The molecular formula is C13H14BrN3O2S. The lowest BCUT2D eigenvalue weighted by Gasteiger charge is -2.13. The van der Waals surface area contributed by atoms with Crippen LogP contribution in [-0.4, -0.2) is 39.4 Å². The van der Waals surface area contributed by atoms with Crippen LogP contribution >= 0.6 is 27.7 Å². The van der Waals surface area contributed by atoms with Crippen molar-refractivity contribution in [3.63, 3.8) is 0 Å². The van der Waals surface area contributed by atoms with Gasteiger partial charge in [-0.2, -0.15) is 0 Å². The van der Waals surface area contributed by atoms with E-state index in [1.54, 1.807) is 12.4 Å². The quantitative estimate of drug-likeness (QED) is 0.689. The Morgan fingerprint density at radius 3 is 2.65 bits per heavy atom. The lowest BCUT2D eigenvalue weighted by molar-refractivity contribution is 0.105. The fourth-order valence-corrected chi connectivity index (χ4v) is 2.45. The van der Waals surface area contributed by atoms with Crippen LogP contribution in [0.15, 0.2) is 51.2 Å². The third-order valence-electron chi connectivity index (χ3n) is 2.42. The van der Waals surface area contributed by atoms with Gasteiger partial charge in [0.15, 0.2) is 5.16 Å². The summed E-state index contributed by atoms with van der Waals surface area (Å²) in [5.41, 5.74) is 0.872. The van der Waals surface area contributed by atoms with Gasteiger partial charge >= 0.3 is 0 Å². The molecule has 2 rings (SSSR count). The van der Waals surface area contributed by atoms with Gasteiger partial charge in [0.25, 0.3) is 0 Å². The van der Waals surface area contributed by atoms with Crippen LogP contribution < -0.4 is 5.32 Å². The first-order chi connectivity index (χ1) is 9.69. The average molecular weight is 356 g/mol. The Bertz CT molecular complexity index is 554. The van der Waals surface area contributed by atoms with Crippen LogP contribution in [0.2, 0.25) is 0 Å². The predicted octanol–water partition coefficient (Wildman–Crippen LogP) is 2.16. The maximum Gasteiger partial charge on any atom is 0.192 e. The molecule has 0 aliphatic heterocycles. The zero-order chi connectivity index (χ0) is 14.4. The Morgan fingerprint density at radius 1 is 1.25 bits per heavy atom.